The van der Waals surface area contributed by atoms with E-state index in [9.17, 15) is 18.0 Å². The van der Waals surface area contributed by atoms with E-state index < -0.39 is 35.3 Å². The zero-order chi connectivity index (χ0) is 23.6. The summed E-state index contributed by atoms with van der Waals surface area (Å²) < 4.78 is 50.7. The number of carbonyl (C=O) groups is 1. The summed E-state index contributed by atoms with van der Waals surface area (Å²) >= 11 is 0. The molecular weight excluding hydrogens is 439 g/mol. The lowest BCUT2D eigenvalue weighted by molar-refractivity contribution is -0.555. The van der Waals surface area contributed by atoms with E-state index in [0.29, 0.717) is 17.9 Å². The molecule has 0 aromatic heterocycles. The maximum Gasteiger partial charge on any atom is 0.416 e. The molecule has 2 bridgehead atoms. The molecule has 5 aliphatic rings. The van der Waals surface area contributed by atoms with Crippen molar-refractivity contribution < 1.29 is 37.2 Å². The summed E-state index contributed by atoms with van der Waals surface area (Å²) in [5.74, 6) is -0.681. The van der Waals surface area contributed by atoms with E-state index in [1.165, 1.54) is 12.1 Å². The van der Waals surface area contributed by atoms with E-state index in [2.05, 4.69) is 12.2 Å². The van der Waals surface area contributed by atoms with Crippen LogP contribution in [0.25, 0.3) is 0 Å². The fraction of sp³-hybridized carbons (Fsp3) is 0.625. The lowest BCUT2D eigenvalue weighted by atomic mass is 9.59. The average Bonchev–Trinajstić information content (AvgIpc) is 3.00. The second kappa shape index (κ2) is 7.71. The first-order valence-corrected chi connectivity index (χ1v) is 11.4. The quantitative estimate of drug-likeness (QED) is 0.645. The van der Waals surface area contributed by atoms with E-state index in [0.717, 1.165) is 37.0 Å². The SMILES string of the molecule is CC1=C(C(=O)NCc2ccc(C(F)(F)F)cc2)O[C@@H]2O[C@@]3(C)CC[C@H]4[C@H](C)CC[C@@H]1[C@@]24OO3. The predicted octanol–water partition coefficient (Wildman–Crippen LogP) is 4.84. The molecule has 1 amide bonds. The molecule has 4 heterocycles. The molecule has 1 aromatic rings. The Kier molecular flexibility index (Phi) is 5.30. The smallest absolute Gasteiger partial charge is 0.416 e. The number of benzene rings is 1. The maximum atomic E-state index is 13.1. The highest BCUT2D eigenvalue weighted by molar-refractivity contribution is 5.92. The normalized spacial score (nSPS) is 37.8. The number of carbonyl (C=O) groups excluding carboxylic acids is 1. The van der Waals surface area contributed by atoms with Gasteiger partial charge in [0, 0.05) is 24.8 Å². The summed E-state index contributed by atoms with van der Waals surface area (Å²) in [7, 11) is 0. The zero-order valence-corrected chi connectivity index (χ0v) is 18.8. The average molecular weight is 467 g/mol. The van der Waals surface area contributed by atoms with Crippen LogP contribution in [0.1, 0.15) is 57.6 Å². The van der Waals surface area contributed by atoms with Crippen molar-refractivity contribution in [3.63, 3.8) is 0 Å². The van der Waals surface area contributed by atoms with E-state index in [1.54, 1.807) is 0 Å². The second-order valence-electron chi connectivity index (χ2n) is 9.86. The van der Waals surface area contributed by atoms with Crippen LogP contribution in [-0.4, -0.2) is 23.6 Å². The van der Waals surface area contributed by atoms with Gasteiger partial charge in [-0.2, -0.15) is 13.2 Å². The van der Waals surface area contributed by atoms with Gasteiger partial charge in [-0.1, -0.05) is 19.1 Å². The van der Waals surface area contributed by atoms with Crippen LogP contribution in [0.3, 0.4) is 0 Å². The summed E-state index contributed by atoms with van der Waals surface area (Å²) in [6.45, 7) is 5.98. The summed E-state index contributed by atoms with van der Waals surface area (Å²) in [6.07, 6.45) is -1.79. The highest BCUT2D eigenvalue weighted by Gasteiger charge is 2.68. The molecule has 6 atom stereocenters. The molecule has 1 N–H and O–H groups in total. The summed E-state index contributed by atoms with van der Waals surface area (Å²) in [5.41, 5.74) is -0.183. The molecule has 1 aromatic carbocycles. The molecule has 0 radical (unpaired) electrons. The van der Waals surface area contributed by atoms with Crippen molar-refractivity contribution >= 4 is 5.91 Å². The molecule has 4 aliphatic heterocycles. The van der Waals surface area contributed by atoms with Crippen molar-refractivity contribution in [2.75, 3.05) is 0 Å². The van der Waals surface area contributed by atoms with Crippen molar-refractivity contribution in [2.24, 2.45) is 17.8 Å². The van der Waals surface area contributed by atoms with Gasteiger partial charge in [-0.15, -0.1) is 0 Å². The minimum atomic E-state index is -4.40. The number of hydrogen-bond acceptors (Lipinski definition) is 5. The van der Waals surface area contributed by atoms with Gasteiger partial charge in [0.15, 0.2) is 11.4 Å². The van der Waals surface area contributed by atoms with Crippen LogP contribution in [0.5, 0.6) is 0 Å². The fourth-order valence-corrected chi connectivity index (χ4v) is 5.92. The standard InChI is InChI=1S/C24H28F3NO5/c1-13-4-9-18-14(2)19(20(29)28-12-15-5-7-16(8-6-15)24(25,26)27)30-21-23(18)17(13)10-11-22(3,31-21)32-33-23/h5-8,13,17-18,21H,4,9-12H2,1-3H3,(H,28,29)/t13-,17+,18+,21-,22-,23-/m1/s1. The molecule has 4 fully saturated rings. The van der Waals surface area contributed by atoms with Gasteiger partial charge in [-0.3, -0.25) is 4.79 Å². The van der Waals surface area contributed by atoms with Gasteiger partial charge in [0.1, 0.15) is 0 Å². The van der Waals surface area contributed by atoms with Crippen molar-refractivity contribution in [2.45, 2.75) is 76.9 Å². The number of hydrogen-bond donors (Lipinski definition) is 1. The molecule has 1 aliphatic carbocycles. The Labute approximate surface area is 190 Å². The predicted molar refractivity (Wildman–Crippen MR) is 110 cm³/mol. The fourth-order valence-electron chi connectivity index (χ4n) is 5.92. The van der Waals surface area contributed by atoms with Crippen LogP contribution in [0.4, 0.5) is 13.2 Å². The summed E-state index contributed by atoms with van der Waals surface area (Å²) in [4.78, 5) is 24.9. The minimum Gasteiger partial charge on any atom is -0.456 e. The molecule has 3 saturated heterocycles. The van der Waals surface area contributed by atoms with Crippen molar-refractivity contribution in [1.29, 1.82) is 0 Å². The molecule has 6 nitrogen and oxygen atoms in total. The van der Waals surface area contributed by atoms with E-state index >= 15 is 0 Å². The third-order valence-corrected chi connectivity index (χ3v) is 7.76. The van der Waals surface area contributed by atoms with Gasteiger partial charge in [0.25, 0.3) is 5.91 Å². The van der Waals surface area contributed by atoms with Crippen LogP contribution < -0.4 is 5.32 Å². The number of amides is 1. The number of halogens is 3. The van der Waals surface area contributed by atoms with Crippen molar-refractivity contribution in [3.8, 4) is 0 Å². The van der Waals surface area contributed by atoms with Gasteiger partial charge < -0.3 is 14.8 Å². The van der Waals surface area contributed by atoms with Gasteiger partial charge in [-0.25, -0.2) is 9.78 Å². The second-order valence-corrected chi connectivity index (χ2v) is 9.86. The number of rotatable bonds is 3. The molecule has 33 heavy (non-hydrogen) atoms. The van der Waals surface area contributed by atoms with E-state index in [4.69, 9.17) is 19.2 Å². The van der Waals surface area contributed by atoms with Crippen molar-refractivity contribution in [1.82, 2.24) is 5.32 Å². The first-order chi connectivity index (χ1) is 15.5. The Morgan fingerprint density at radius 1 is 1.15 bits per heavy atom. The number of fused-ring (bicyclic) bond motifs is 2. The zero-order valence-electron chi connectivity index (χ0n) is 18.8. The Morgan fingerprint density at radius 2 is 1.88 bits per heavy atom. The van der Waals surface area contributed by atoms with Crippen LogP contribution in [0, 0.1) is 17.8 Å². The first-order valence-electron chi connectivity index (χ1n) is 11.4. The Balaban J connectivity index is 1.38. The highest BCUT2D eigenvalue weighted by atomic mass is 19.4. The van der Waals surface area contributed by atoms with Gasteiger partial charge in [0.05, 0.1) is 5.56 Å². The Morgan fingerprint density at radius 3 is 2.58 bits per heavy atom. The van der Waals surface area contributed by atoms with Gasteiger partial charge >= 0.3 is 6.18 Å². The molecule has 0 unspecified atom stereocenters. The van der Waals surface area contributed by atoms with Crippen LogP contribution in [-0.2, 0) is 36.8 Å². The highest BCUT2D eigenvalue weighted by Crippen LogP contribution is 2.60. The molecular formula is C24H28F3NO5. The van der Waals surface area contributed by atoms with Crippen LogP contribution >= 0.6 is 0 Å². The van der Waals surface area contributed by atoms with E-state index in [-0.39, 0.29) is 24.1 Å². The van der Waals surface area contributed by atoms with Crippen molar-refractivity contribution in [3.05, 3.63) is 46.7 Å². The van der Waals surface area contributed by atoms with Gasteiger partial charge in [-0.05, 0) is 62.3 Å². The molecule has 6 rings (SSSR count). The number of nitrogens with one attached hydrogen (secondary N) is 1. The summed E-state index contributed by atoms with van der Waals surface area (Å²) in [5, 5.41) is 2.77. The number of ether oxygens (including phenoxy) is 2. The topological polar surface area (TPSA) is 66.0 Å². The monoisotopic (exact) mass is 467 g/mol. The molecule has 1 saturated carbocycles. The number of alkyl halides is 3. The summed E-state index contributed by atoms with van der Waals surface area (Å²) in [6, 6.07) is 4.72. The molecule has 1 spiro atoms. The third kappa shape index (κ3) is 3.65. The van der Waals surface area contributed by atoms with Crippen LogP contribution in [0.15, 0.2) is 35.6 Å². The largest absolute Gasteiger partial charge is 0.456 e. The lowest BCUT2D eigenvalue weighted by Gasteiger charge is -2.57. The third-order valence-electron chi connectivity index (χ3n) is 7.76. The first kappa shape index (κ1) is 22.7. The Bertz CT molecular complexity index is 977. The lowest BCUT2D eigenvalue weighted by Crippen LogP contribution is -2.67. The van der Waals surface area contributed by atoms with Gasteiger partial charge in [0.2, 0.25) is 12.1 Å². The van der Waals surface area contributed by atoms with E-state index in [1.807, 2.05) is 13.8 Å². The molecule has 180 valence electrons. The maximum absolute atomic E-state index is 13.1. The van der Waals surface area contributed by atoms with Crippen LogP contribution in [0.2, 0.25) is 0 Å². The minimum absolute atomic E-state index is 0.0788. The molecule has 9 heteroatoms. The Hall–Kier alpha value is -2.10.